The minimum Gasteiger partial charge on any atom is -0.390 e. The molecule has 3 aliphatic heterocycles. The average Bonchev–Trinajstić information content (AvgIpc) is 3.37. The summed E-state index contributed by atoms with van der Waals surface area (Å²) in [5.41, 5.74) is 6.78. The molecular weight excluding hydrogens is 378 g/mol. The molecule has 8 nitrogen and oxygen atoms in total. The minimum absolute atomic E-state index is 0.264. The van der Waals surface area contributed by atoms with Crippen LogP contribution in [0.25, 0.3) is 11.3 Å². The second kappa shape index (κ2) is 6.51. The van der Waals surface area contributed by atoms with Gasteiger partial charge in [-0.25, -0.2) is 15.0 Å². The van der Waals surface area contributed by atoms with Crippen LogP contribution in [0.3, 0.4) is 0 Å². The second-order valence-corrected chi connectivity index (χ2v) is 10.0. The first kappa shape index (κ1) is 18.3. The fourth-order valence-corrected chi connectivity index (χ4v) is 5.91. The van der Waals surface area contributed by atoms with Gasteiger partial charge in [-0.3, -0.25) is 0 Å². The number of rotatable bonds is 3. The van der Waals surface area contributed by atoms with Gasteiger partial charge >= 0.3 is 0 Å². The maximum atomic E-state index is 10.8. The molecule has 2 saturated carbocycles. The van der Waals surface area contributed by atoms with Crippen molar-refractivity contribution in [3.05, 3.63) is 18.5 Å². The van der Waals surface area contributed by atoms with Gasteiger partial charge in [0.1, 0.15) is 5.82 Å². The van der Waals surface area contributed by atoms with Crippen molar-refractivity contribution < 1.29 is 5.11 Å². The number of hydrogen-bond acceptors (Lipinski definition) is 8. The standard InChI is InChI=1S/C22H29N7O/c1-22(30)3-2-13-4-17(8-22)28(11-13)19-7-18(15-9-24-20(23)25-10-15)26-21(27-19)29-12-14-5-16(29)6-14/h7,9-10,13-14,16-17,30H,2-6,8,11-12H2,1H3,(H2,23,24,25). The van der Waals surface area contributed by atoms with Gasteiger partial charge in [0.05, 0.1) is 11.3 Å². The van der Waals surface area contributed by atoms with Crippen LogP contribution in [0.2, 0.25) is 0 Å². The number of fused-ring (bicyclic) bond motifs is 3. The Bertz CT molecular complexity index is 956. The summed E-state index contributed by atoms with van der Waals surface area (Å²) in [6, 6.07) is 2.95. The van der Waals surface area contributed by atoms with E-state index in [2.05, 4.69) is 25.8 Å². The fourth-order valence-electron chi connectivity index (χ4n) is 5.91. The van der Waals surface area contributed by atoms with E-state index < -0.39 is 5.60 Å². The molecule has 0 amide bonds. The molecular formula is C22H29N7O. The Labute approximate surface area is 176 Å². The quantitative estimate of drug-likeness (QED) is 0.798. The maximum absolute atomic E-state index is 10.8. The molecule has 3 saturated heterocycles. The third-order valence-corrected chi connectivity index (χ3v) is 7.59. The predicted molar refractivity (Wildman–Crippen MR) is 115 cm³/mol. The molecule has 3 N–H and O–H groups in total. The summed E-state index contributed by atoms with van der Waals surface area (Å²) in [6.07, 6.45) is 9.87. The lowest BCUT2D eigenvalue weighted by Crippen LogP contribution is -2.39. The van der Waals surface area contributed by atoms with Gasteiger partial charge in [0.2, 0.25) is 11.9 Å². The van der Waals surface area contributed by atoms with E-state index in [-0.39, 0.29) is 5.95 Å². The summed E-state index contributed by atoms with van der Waals surface area (Å²) in [5.74, 6) is 3.44. The van der Waals surface area contributed by atoms with E-state index in [4.69, 9.17) is 15.7 Å². The number of aromatic nitrogens is 4. The molecule has 5 aliphatic rings. The lowest BCUT2D eigenvalue weighted by Gasteiger charge is -2.34. The zero-order valence-electron chi connectivity index (χ0n) is 17.4. The minimum atomic E-state index is -0.599. The van der Waals surface area contributed by atoms with Crippen molar-refractivity contribution in [3.8, 4) is 11.3 Å². The van der Waals surface area contributed by atoms with Crippen LogP contribution in [0.4, 0.5) is 17.7 Å². The smallest absolute Gasteiger partial charge is 0.228 e. The van der Waals surface area contributed by atoms with Gasteiger partial charge in [0.15, 0.2) is 0 Å². The molecule has 4 bridgehead atoms. The summed E-state index contributed by atoms with van der Waals surface area (Å²) in [5, 5.41) is 10.8. The first-order chi connectivity index (χ1) is 14.4. The van der Waals surface area contributed by atoms with Crippen LogP contribution in [0, 0.1) is 11.8 Å². The van der Waals surface area contributed by atoms with Crippen LogP contribution < -0.4 is 15.5 Å². The Morgan fingerprint density at radius 2 is 1.77 bits per heavy atom. The molecule has 2 aliphatic carbocycles. The SMILES string of the molecule is CC1(O)CCC2CC(C1)N(c1cc(-c3cnc(N)nc3)nc(N3CC4CC3C4)n1)C2. The number of nitrogens with two attached hydrogens (primary N) is 1. The van der Waals surface area contributed by atoms with E-state index >= 15 is 0 Å². The highest BCUT2D eigenvalue weighted by Gasteiger charge is 2.45. The van der Waals surface area contributed by atoms with Crippen molar-refractivity contribution in [2.45, 2.75) is 63.1 Å². The molecule has 0 aromatic carbocycles. The van der Waals surface area contributed by atoms with Crippen LogP contribution in [0.5, 0.6) is 0 Å². The van der Waals surface area contributed by atoms with Crippen LogP contribution >= 0.6 is 0 Å². The van der Waals surface area contributed by atoms with Crippen molar-refractivity contribution in [1.29, 1.82) is 0 Å². The van der Waals surface area contributed by atoms with Crippen molar-refractivity contribution in [3.63, 3.8) is 0 Å². The number of nitrogen functional groups attached to an aromatic ring is 1. The summed E-state index contributed by atoms with van der Waals surface area (Å²) < 4.78 is 0. The van der Waals surface area contributed by atoms with Crippen molar-refractivity contribution in [2.75, 3.05) is 28.6 Å². The lowest BCUT2D eigenvalue weighted by molar-refractivity contribution is 0.0366. The third kappa shape index (κ3) is 3.09. The van der Waals surface area contributed by atoms with Gasteiger partial charge < -0.3 is 20.6 Å². The van der Waals surface area contributed by atoms with Crippen LogP contribution in [-0.4, -0.2) is 55.8 Å². The van der Waals surface area contributed by atoms with Gasteiger partial charge in [0, 0.05) is 49.2 Å². The normalized spacial score (nSPS) is 34.7. The van der Waals surface area contributed by atoms with E-state index in [0.717, 1.165) is 67.7 Å². The van der Waals surface area contributed by atoms with Crippen molar-refractivity contribution in [2.24, 2.45) is 11.8 Å². The first-order valence-corrected chi connectivity index (χ1v) is 11.2. The Kier molecular flexibility index (Phi) is 3.97. The van der Waals surface area contributed by atoms with Crippen LogP contribution in [0.1, 0.15) is 45.4 Å². The molecule has 30 heavy (non-hydrogen) atoms. The predicted octanol–water partition coefficient (Wildman–Crippen LogP) is 2.24. The Morgan fingerprint density at radius 3 is 2.50 bits per heavy atom. The number of hydrogen-bond donors (Lipinski definition) is 2. The Hall–Kier alpha value is -2.48. The van der Waals surface area contributed by atoms with E-state index in [9.17, 15) is 5.11 Å². The van der Waals surface area contributed by atoms with Crippen molar-refractivity contribution in [1.82, 2.24) is 19.9 Å². The average molecular weight is 408 g/mol. The molecule has 3 atom stereocenters. The van der Waals surface area contributed by atoms with Gasteiger partial charge in [-0.1, -0.05) is 0 Å². The zero-order chi connectivity index (χ0) is 20.5. The fraction of sp³-hybridized carbons (Fsp3) is 0.636. The summed E-state index contributed by atoms with van der Waals surface area (Å²) in [4.78, 5) is 23.1. The summed E-state index contributed by atoms with van der Waals surface area (Å²) >= 11 is 0. The molecule has 5 heterocycles. The molecule has 2 aromatic rings. The topological polar surface area (TPSA) is 104 Å². The molecule has 0 spiro atoms. The van der Waals surface area contributed by atoms with E-state index in [0.29, 0.717) is 18.0 Å². The van der Waals surface area contributed by atoms with Gasteiger partial charge in [-0.2, -0.15) is 4.98 Å². The van der Waals surface area contributed by atoms with Crippen molar-refractivity contribution >= 4 is 17.7 Å². The van der Waals surface area contributed by atoms with Gasteiger partial charge in [-0.15, -0.1) is 0 Å². The molecule has 3 unspecified atom stereocenters. The van der Waals surface area contributed by atoms with E-state index in [1.165, 1.54) is 12.8 Å². The Balaban J connectivity index is 1.40. The second-order valence-electron chi connectivity index (χ2n) is 10.0. The third-order valence-electron chi connectivity index (χ3n) is 7.59. The van der Waals surface area contributed by atoms with Gasteiger partial charge in [0.25, 0.3) is 0 Å². The lowest BCUT2D eigenvalue weighted by atomic mass is 9.86. The molecule has 7 rings (SSSR count). The maximum Gasteiger partial charge on any atom is 0.228 e. The monoisotopic (exact) mass is 407 g/mol. The summed E-state index contributed by atoms with van der Waals surface area (Å²) in [6.45, 7) is 4.03. The zero-order valence-corrected chi connectivity index (χ0v) is 17.4. The van der Waals surface area contributed by atoms with Crippen LogP contribution in [0.15, 0.2) is 18.5 Å². The van der Waals surface area contributed by atoms with E-state index in [1.807, 2.05) is 6.92 Å². The number of anilines is 3. The number of aliphatic hydroxyl groups is 1. The highest BCUT2D eigenvalue weighted by atomic mass is 16.3. The first-order valence-electron chi connectivity index (χ1n) is 11.2. The molecule has 5 fully saturated rings. The molecule has 158 valence electrons. The highest BCUT2D eigenvalue weighted by molar-refractivity contribution is 5.65. The number of nitrogens with zero attached hydrogens (tertiary/aromatic N) is 6. The summed E-state index contributed by atoms with van der Waals surface area (Å²) in [7, 11) is 0. The highest BCUT2D eigenvalue weighted by Crippen LogP contribution is 2.44. The molecule has 2 aromatic heterocycles. The molecule has 8 heteroatoms. The Morgan fingerprint density at radius 1 is 1.03 bits per heavy atom. The largest absolute Gasteiger partial charge is 0.390 e. The van der Waals surface area contributed by atoms with Crippen LogP contribution in [-0.2, 0) is 0 Å². The van der Waals surface area contributed by atoms with E-state index in [1.54, 1.807) is 12.4 Å². The van der Waals surface area contributed by atoms with Gasteiger partial charge in [-0.05, 0) is 57.3 Å². The molecule has 0 radical (unpaired) electrons.